The molecule has 6 heteroatoms. The van der Waals surface area contributed by atoms with E-state index in [1.54, 1.807) is 33.5 Å². The van der Waals surface area contributed by atoms with Gasteiger partial charge in [-0.3, -0.25) is 4.79 Å². The van der Waals surface area contributed by atoms with E-state index in [1.165, 1.54) is 0 Å². The summed E-state index contributed by atoms with van der Waals surface area (Å²) < 4.78 is 21.5. The summed E-state index contributed by atoms with van der Waals surface area (Å²) >= 11 is 0. The second kappa shape index (κ2) is 10.4. The lowest BCUT2D eigenvalue weighted by Crippen LogP contribution is -2.33. The Kier molecular flexibility index (Phi) is 7.99. The quantitative estimate of drug-likeness (QED) is 0.674. The fourth-order valence-electron chi connectivity index (χ4n) is 2.98. The molecule has 1 amide bonds. The lowest BCUT2D eigenvalue weighted by atomic mass is 9.88. The molecule has 2 aromatic carbocycles. The molecule has 0 aromatic heterocycles. The molecule has 0 aliphatic heterocycles. The van der Waals surface area contributed by atoms with E-state index in [4.69, 9.17) is 18.9 Å². The Morgan fingerprint density at radius 2 is 1.50 bits per heavy atom. The van der Waals surface area contributed by atoms with Crippen LogP contribution in [-0.2, 0) is 4.79 Å². The van der Waals surface area contributed by atoms with Crippen molar-refractivity contribution in [3.05, 3.63) is 48.0 Å². The van der Waals surface area contributed by atoms with Crippen LogP contribution in [0.2, 0.25) is 0 Å². The third kappa shape index (κ3) is 5.55. The summed E-state index contributed by atoms with van der Waals surface area (Å²) in [7, 11) is 4.79. The van der Waals surface area contributed by atoms with Crippen LogP contribution in [0.1, 0.15) is 25.3 Å². The van der Waals surface area contributed by atoms with Crippen molar-refractivity contribution in [2.24, 2.45) is 5.92 Å². The summed E-state index contributed by atoms with van der Waals surface area (Å²) in [4.78, 5) is 12.3. The number of carbonyl (C=O) groups excluding carboxylic acids is 1. The fourth-order valence-corrected chi connectivity index (χ4v) is 2.98. The highest BCUT2D eigenvalue weighted by atomic mass is 16.5. The highest BCUT2D eigenvalue weighted by Gasteiger charge is 2.19. The molecule has 0 fully saturated rings. The van der Waals surface area contributed by atoms with Crippen LogP contribution in [-0.4, -0.2) is 40.4 Å². The Morgan fingerprint density at radius 1 is 0.893 bits per heavy atom. The van der Waals surface area contributed by atoms with Gasteiger partial charge in [0.1, 0.15) is 0 Å². The molecule has 1 unspecified atom stereocenters. The second-order valence-corrected chi connectivity index (χ2v) is 6.71. The third-order valence-corrected chi connectivity index (χ3v) is 4.59. The first-order valence-electron chi connectivity index (χ1n) is 9.24. The number of hydrogen-bond donors (Lipinski definition) is 1. The minimum Gasteiger partial charge on any atom is -0.493 e. The van der Waals surface area contributed by atoms with Gasteiger partial charge >= 0.3 is 0 Å². The monoisotopic (exact) mass is 387 g/mol. The van der Waals surface area contributed by atoms with Gasteiger partial charge in [-0.05, 0) is 35.7 Å². The van der Waals surface area contributed by atoms with Crippen molar-refractivity contribution in [2.45, 2.75) is 19.8 Å². The summed E-state index contributed by atoms with van der Waals surface area (Å²) in [5.41, 5.74) is 1.08. The molecule has 0 saturated carbocycles. The minimum absolute atomic E-state index is 0.0723. The topological polar surface area (TPSA) is 66.0 Å². The van der Waals surface area contributed by atoms with Crippen molar-refractivity contribution < 1.29 is 23.7 Å². The number of carbonyl (C=O) groups is 1. The van der Waals surface area contributed by atoms with E-state index in [1.807, 2.05) is 30.3 Å². The van der Waals surface area contributed by atoms with Gasteiger partial charge in [0, 0.05) is 12.5 Å². The molecule has 2 rings (SSSR count). The van der Waals surface area contributed by atoms with E-state index in [9.17, 15) is 4.79 Å². The van der Waals surface area contributed by atoms with Crippen molar-refractivity contribution in [1.82, 2.24) is 5.32 Å². The van der Waals surface area contributed by atoms with E-state index in [-0.39, 0.29) is 18.4 Å². The molecule has 0 aliphatic carbocycles. The molecule has 28 heavy (non-hydrogen) atoms. The van der Waals surface area contributed by atoms with E-state index >= 15 is 0 Å². The smallest absolute Gasteiger partial charge is 0.257 e. The van der Waals surface area contributed by atoms with Crippen molar-refractivity contribution in [1.29, 1.82) is 0 Å². The second-order valence-electron chi connectivity index (χ2n) is 6.71. The number of benzene rings is 2. The molecular weight excluding hydrogens is 358 g/mol. The summed E-state index contributed by atoms with van der Waals surface area (Å²) in [6.45, 7) is 4.68. The Labute approximate surface area is 166 Å². The molecule has 1 atom stereocenters. The van der Waals surface area contributed by atoms with Gasteiger partial charge in [0.15, 0.2) is 29.6 Å². The summed E-state index contributed by atoms with van der Waals surface area (Å²) in [5.74, 6) is 2.78. The fraction of sp³-hybridized carbons (Fsp3) is 0.409. The molecule has 0 heterocycles. The number of nitrogens with one attached hydrogen (secondary N) is 1. The van der Waals surface area contributed by atoms with Gasteiger partial charge in [0.25, 0.3) is 5.91 Å². The molecule has 0 spiro atoms. The largest absolute Gasteiger partial charge is 0.493 e. The Hall–Kier alpha value is -2.89. The van der Waals surface area contributed by atoms with Gasteiger partial charge in [-0.2, -0.15) is 0 Å². The number of rotatable bonds is 10. The maximum atomic E-state index is 12.3. The molecule has 2 aromatic rings. The van der Waals surface area contributed by atoms with Crippen LogP contribution in [0, 0.1) is 5.92 Å². The number of methoxy groups -OCH3 is 3. The van der Waals surface area contributed by atoms with Crippen molar-refractivity contribution in [3.63, 3.8) is 0 Å². The first-order chi connectivity index (χ1) is 13.5. The molecule has 0 radical (unpaired) electrons. The van der Waals surface area contributed by atoms with E-state index < -0.39 is 0 Å². The first kappa shape index (κ1) is 21.4. The van der Waals surface area contributed by atoms with Crippen LogP contribution in [0.25, 0.3) is 0 Å². The number of ether oxygens (including phenoxy) is 4. The van der Waals surface area contributed by atoms with Crippen LogP contribution >= 0.6 is 0 Å². The average molecular weight is 387 g/mol. The molecule has 0 aliphatic rings. The van der Waals surface area contributed by atoms with Gasteiger partial charge in [-0.25, -0.2) is 0 Å². The molecule has 1 N–H and O–H groups in total. The van der Waals surface area contributed by atoms with Crippen LogP contribution in [0.5, 0.6) is 23.0 Å². The molecule has 152 valence electrons. The van der Waals surface area contributed by atoms with Gasteiger partial charge in [0.2, 0.25) is 0 Å². The number of para-hydroxylation sites is 2. The van der Waals surface area contributed by atoms with Crippen LogP contribution in [0.4, 0.5) is 0 Å². The maximum Gasteiger partial charge on any atom is 0.257 e. The summed E-state index contributed by atoms with van der Waals surface area (Å²) in [5, 5.41) is 2.96. The zero-order valence-corrected chi connectivity index (χ0v) is 17.2. The third-order valence-electron chi connectivity index (χ3n) is 4.59. The molecular formula is C22H29NO5. The first-order valence-corrected chi connectivity index (χ1v) is 9.24. The lowest BCUT2D eigenvalue weighted by Gasteiger charge is -2.23. The predicted molar refractivity (Wildman–Crippen MR) is 109 cm³/mol. The normalized spacial score (nSPS) is 11.6. The SMILES string of the molecule is COc1ccc(C(CNC(=O)COc2ccccc2OC)C(C)C)cc1OC. The van der Waals surface area contributed by atoms with Crippen LogP contribution in [0.15, 0.2) is 42.5 Å². The zero-order chi connectivity index (χ0) is 20.5. The standard InChI is InChI=1S/C22H29NO5/c1-15(2)17(16-10-11-19(26-4)21(12-16)27-5)13-23-22(24)14-28-20-9-7-6-8-18(20)25-3/h6-12,15,17H,13-14H2,1-5H3,(H,23,24). The summed E-state index contributed by atoms with van der Waals surface area (Å²) in [6, 6.07) is 13.1. The molecule has 0 saturated heterocycles. The number of hydrogen-bond acceptors (Lipinski definition) is 5. The van der Waals surface area contributed by atoms with Crippen LogP contribution in [0.3, 0.4) is 0 Å². The highest BCUT2D eigenvalue weighted by molar-refractivity contribution is 5.77. The molecule has 6 nitrogen and oxygen atoms in total. The Balaban J connectivity index is 1.98. The van der Waals surface area contributed by atoms with E-state index in [0.29, 0.717) is 35.5 Å². The van der Waals surface area contributed by atoms with Gasteiger partial charge in [0.05, 0.1) is 21.3 Å². The minimum atomic E-state index is -0.183. The lowest BCUT2D eigenvalue weighted by molar-refractivity contribution is -0.123. The van der Waals surface area contributed by atoms with Crippen molar-refractivity contribution in [3.8, 4) is 23.0 Å². The van der Waals surface area contributed by atoms with Crippen LogP contribution < -0.4 is 24.3 Å². The maximum absolute atomic E-state index is 12.3. The van der Waals surface area contributed by atoms with E-state index in [2.05, 4.69) is 19.2 Å². The average Bonchev–Trinajstić information content (AvgIpc) is 2.72. The van der Waals surface area contributed by atoms with Gasteiger partial charge in [-0.15, -0.1) is 0 Å². The molecule has 0 bridgehead atoms. The van der Waals surface area contributed by atoms with Gasteiger partial charge in [-0.1, -0.05) is 32.0 Å². The zero-order valence-electron chi connectivity index (χ0n) is 17.2. The van der Waals surface area contributed by atoms with Gasteiger partial charge < -0.3 is 24.3 Å². The van der Waals surface area contributed by atoms with E-state index in [0.717, 1.165) is 5.56 Å². The van der Waals surface area contributed by atoms with Crippen molar-refractivity contribution >= 4 is 5.91 Å². The summed E-state index contributed by atoms with van der Waals surface area (Å²) in [6.07, 6.45) is 0. The Bertz CT molecular complexity index is 775. The highest BCUT2D eigenvalue weighted by Crippen LogP contribution is 2.33. The van der Waals surface area contributed by atoms with Crippen molar-refractivity contribution in [2.75, 3.05) is 34.5 Å². The Morgan fingerprint density at radius 3 is 2.11 bits per heavy atom. The predicted octanol–water partition coefficient (Wildman–Crippen LogP) is 3.65. The number of amides is 1.